The second kappa shape index (κ2) is 11.6. The van der Waals surface area contributed by atoms with Crippen molar-refractivity contribution in [1.82, 2.24) is 14.7 Å². The molecule has 1 amide bonds. The Labute approximate surface area is 196 Å². The number of benzene rings is 2. The summed E-state index contributed by atoms with van der Waals surface area (Å²) in [6, 6.07) is 15.2. The molecule has 33 heavy (non-hydrogen) atoms. The smallest absolute Gasteiger partial charge is 0.253 e. The van der Waals surface area contributed by atoms with E-state index in [1.54, 1.807) is 6.07 Å². The number of phenolic OH excluding ortho intramolecular Hbond substituents is 1. The summed E-state index contributed by atoms with van der Waals surface area (Å²) < 4.78 is 11.5. The molecule has 178 valence electrons. The molecule has 4 rings (SSSR count). The number of rotatable bonds is 8. The summed E-state index contributed by atoms with van der Waals surface area (Å²) >= 11 is 0. The van der Waals surface area contributed by atoms with Gasteiger partial charge in [-0.1, -0.05) is 35.9 Å². The van der Waals surface area contributed by atoms with Crippen LogP contribution >= 0.6 is 0 Å². The highest BCUT2D eigenvalue weighted by molar-refractivity contribution is 5.94. The molecule has 2 aliphatic heterocycles. The van der Waals surface area contributed by atoms with Crippen molar-refractivity contribution in [2.24, 2.45) is 0 Å². The van der Waals surface area contributed by atoms with Crippen LogP contribution in [0, 0.1) is 6.92 Å². The highest BCUT2D eigenvalue weighted by Gasteiger charge is 2.26. The van der Waals surface area contributed by atoms with Gasteiger partial charge in [0, 0.05) is 63.5 Å². The molecule has 7 nitrogen and oxygen atoms in total. The van der Waals surface area contributed by atoms with E-state index in [0.717, 1.165) is 57.1 Å². The molecule has 1 atom stereocenters. The van der Waals surface area contributed by atoms with Crippen LogP contribution in [0.15, 0.2) is 48.5 Å². The Bertz CT molecular complexity index is 899. The Kier molecular flexibility index (Phi) is 8.34. The van der Waals surface area contributed by atoms with Gasteiger partial charge < -0.3 is 19.5 Å². The van der Waals surface area contributed by atoms with E-state index in [4.69, 9.17) is 9.47 Å². The molecule has 2 aromatic carbocycles. The first-order valence-corrected chi connectivity index (χ1v) is 11.9. The summed E-state index contributed by atoms with van der Waals surface area (Å²) in [7, 11) is 0. The molecule has 2 aliphatic rings. The number of carbonyl (C=O) groups excluding carboxylic acids is 1. The zero-order valence-electron chi connectivity index (χ0n) is 19.5. The average molecular weight is 454 g/mol. The fourth-order valence-electron chi connectivity index (χ4n) is 4.41. The topological polar surface area (TPSA) is 65.5 Å². The number of aryl methyl sites for hydroxylation is 1. The molecule has 2 heterocycles. The minimum atomic E-state index is -0.0660. The van der Waals surface area contributed by atoms with Crippen molar-refractivity contribution in [3.8, 4) is 5.75 Å². The number of nitrogens with zero attached hydrogens (tertiary/aromatic N) is 3. The normalized spacial score (nSPS) is 20.0. The van der Waals surface area contributed by atoms with E-state index in [1.165, 1.54) is 0 Å². The van der Waals surface area contributed by atoms with Crippen LogP contribution in [-0.2, 0) is 16.0 Å². The van der Waals surface area contributed by atoms with E-state index >= 15 is 0 Å². The number of ether oxygens (including phenoxy) is 2. The highest BCUT2D eigenvalue weighted by Crippen LogP contribution is 2.20. The molecule has 0 spiro atoms. The van der Waals surface area contributed by atoms with Crippen LogP contribution in [-0.4, -0.2) is 97.5 Å². The lowest BCUT2D eigenvalue weighted by molar-refractivity contribution is -0.0444. The molecule has 0 bridgehead atoms. The molecule has 2 aromatic rings. The van der Waals surface area contributed by atoms with Gasteiger partial charge in [-0.15, -0.1) is 0 Å². The van der Waals surface area contributed by atoms with Gasteiger partial charge in [-0.25, -0.2) is 0 Å². The summed E-state index contributed by atoms with van der Waals surface area (Å²) in [6.07, 6.45) is -0.0660. The van der Waals surface area contributed by atoms with Gasteiger partial charge >= 0.3 is 0 Å². The van der Waals surface area contributed by atoms with Crippen LogP contribution in [0.1, 0.15) is 21.5 Å². The molecule has 2 saturated heterocycles. The molecule has 0 aromatic heterocycles. The summed E-state index contributed by atoms with van der Waals surface area (Å²) in [5.41, 5.74) is 2.77. The Hall–Kier alpha value is -2.45. The Morgan fingerprint density at radius 3 is 2.52 bits per heavy atom. The van der Waals surface area contributed by atoms with Crippen molar-refractivity contribution in [3.63, 3.8) is 0 Å². The van der Waals surface area contributed by atoms with Gasteiger partial charge in [-0.2, -0.15) is 0 Å². The summed E-state index contributed by atoms with van der Waals surface area (Å²) in [5.74, 6) is 0.368. The Balaban J connectivity index is 1.41. The van der Waals surface area contributed by atoms with E-state index in [-0.39, 0.29) is 12.0 Å². The maximum absolute atomic E-state index is 13.4. The van der Waals surface area contributed by atoms with Gasteiger partial charge in [0.1, 0.15) is 5.75 Å². The van der Waals surface area contributed by atoms with Crippen molar-refractivity contribution < 1.29 is 19.4 Å². The SMILES string of the molecule is Cc1ccc(C(=O)N(CCN2CCOCC2)CC2CN(Cc3ccccc3O)CCO2)cc1. The third kappa shape index (κ3) is 6.77. The van der Waals surface area contributed by atoms with E-state index in [2.05, 4.69) is 9.80 Å². The molecule has 2 fully saturated rings. The summed E-state index contributed by atoms with van der Waals surface area (Å²) in [6.45, 7) is 10.2. The first kappa shape index (κ1) is 23.7. The number of phenols is 1. The van der Waals surface area contributed by atoms with Crippen molar-refractivity contribution in [2.75, 3.05) is 65.6 Å². The number of hydrogen-bond acceptors (Lipinski definition) is 6. The van der Waals surface area contributed by atoms with Crippen LogP contribution in [0.4, 0.5) is 0 Å². The van der Waals surface area contributed by atoms with E-state index in [9.17, 15) is 9.90 Å². The maximum atomic E-state index is 13.4. The lowest BCUT2D eigenvalue weighted by Crippen LogP contribution is -2.50. The molecule has 7 heteroatoms. The number of aromatic hydroxyl groups is 1. The number of amides is 1. The van der Waals surface area contributed by atoms with Crippen LogP contribution in [0.5, 0.6) is 5.75 Å². The quantitative estimate of drug-likeness (QED) is 0.662. The van der Waals surface area contributed by atoms with Crippen molar-refractivity contribution in [2.45, 2.75) is 19.6 Å². The lowest BCUT2D eigenvalue weighted by atomic mass is 10.1. The zero-order chi connectivity index (χ0) is 23.0. The number of morpholine rings is 2. The highest BCUT2D eigenvalue weighted by atomic mass is 16.5. The first-order chi connectivity index (χ1) is 16.1. The van der Waals surface area contributed by atoms with E-state index in [1.807, 2.05) is 54.3 Å². The van der Waals surface area contributed by atoms with Crippen LogP contribution in [0.3, 0.4) is 0 Å². The Morgan fingerprint density at radius 2 is 1.76 bits per heavy atom. The zero-order valence-corrected chi connectivity index (χ0v) is 19.5. The average Bonchev–Trinajstić information content (AvgIpc) is 2.84. The fraction of sp³-hybridized carbons (Fsp3) is 0.500. The molecular formula is C26H35N3O4. The maximum Gasteiger partial charge on any atom is 0.253 e. The largest absolute Gasteiger partial charge is 0.508 e. The van der Waals surface area contributed by atoms with Crippen molar-refractivity contribution in [3.05, 3.63) is 65.2 Å². The van der Waals surface area contributed by atoms with Crippen LogP contribution < -0.4 is 0 Å². The fourth-order valence-corrected chi connectivity index (χ4v) is 4.41. The predicted octanol–water partition coefficient (Wildman–Crippen LogP) is 2.38. The Morgan fingerprint density at radius 1 is 1.03 bits per heavy atom. The third-order valence-electron chi connectivity index (χ3n) is 6.41. The van der Waals surface area contributed by atoms with Crippen LogP contribution in [0.25, 0.3) is 0 Å². The van der Waals surface area contributed by atoms with Gasteiger partial charge in [0.25, 0.3) is 5.91 Å². The van der Waals surface area contributed by atoms with Gasteiger partial charge in [0.2, 0.25) is 0 Å². The van der Waals surface area contributed by atoms with Gasteiger partial charge in [0.15, 0.2) is 0 Å². The molecule has 0 saturated carbocycles. The second-order valence-electron chi connectivity index (χ2n) is 8.93. The minimum absolute atomic E-state index is 0.0460. The van der Waals surface area contributed by atoms with E-state index in [0.29, 0.717) is 37.6 Å². The summed E-state index contributed by atoms with van der Waals surface area (Å²) in [4.78, 5) is 20.0. The molecule has 0 radical (unpaired) electrons. The minimum Gasteiger partial charge on any atom is -0.508 e. The summed E-state index contributed by atoms with van der Waals surface area (Å²) in [5, 5.41) is 10.1. The lowest BCUT2D eigenvalue weighted by Gasteiger charge is -2.37. The van der Waals surface area contributed by atoms with E-state index < -0.39 is 0 Å². The first-order valence-electron chi connectivity index (χ1n) is 11.9. The molecule has 1 N–H and O–H groups in total. The third-order valence-corrected chi connectivity index (χ3v) is 6.41. The monoisotopic (exact) mass is 453 g/mol. The van der Waals surface area contributed by atoms with Crippen molar-refractivity contribution >= 4 is 5.91 Å². The second-order valence-corrected chi connectivity index (χ2v) is 8.93. The molecule has 0 aliphatic carbocycles. The van der Waals surface area contributed by atoms with Gasteiger partial charge in [-0.3, -0.25) is 14.6 Å². The van der Waals surface area contributed by atoms with Gasteiger partial charge in [-0.05, 0) is 25.1 Å². The van der Waals surface area contributed by atoms with Crippen LogP contribution in [0.2, 0.25) is 0 Å². The predicted molar refractivity (Wildman–Crippen MR) is 127 cm³/mol. The number of hydrogen-bond donors (Lipinski definition) is 1. The molecule has 1 unspecified atom stereocenters. The van der Waals surface area contributed by atoms with Crippen molar-refractivity contribution in [1.29, 1.82) is 0 Å². The number of para-hydroxylation sites is 1. The molecular weight excluding hydrogens is 418 g/mol. The standard InChI is InChI=1S/C26H35N3O4/c1-21-6-8-22(9-7-21)26(31)29(11-10-27-12-15-32-16-13-27)20-24-19-28(14-17-33-24)18-23-4-2-3-5-25(23)30/h2-9,24,30H,10-20H2,1H3. The number of carbonyl (C=O) groups is 1. The van der Waals surface area contributed by atoms with Gasteiger partial charge in [0.05, 0.1) is 25.9 Å².